The molecule has 3 atom stereocenters. The van der Waals surface area contributed by atoms with Crippen LogP contribution in [0.5, 0.6) is 0 Å². The summed E-state index contributed by atoms with van der Waals surface area (Å²) >= 11 is 0. The summed E-state index contributed by atoms with van der Waals surface area (Å²) in [4.78, 5) is 24.4. The largest absolute Gasteiger partial charge is 0.480 e. The van der Waals surface area contributed by atoms with Crippen LogP contribution in [-0.2, 0) is 14.6 Å². The Morgan fingerprint density at radius 3 is 2.63 bits per heavy atom. The quantitative estimate of drug-likeness (QED) is 0.732. The summed E-state index contributed by atoms with van der Waals surface area (Å²) in [7, 11) is -3.24. The zero-order valence-corrected chi connectivity index (χ0v) is 11.3. The highest BCUT2D eigenvalue weighted by Gasteiger charge is 2.40. The lowest BCUT2D eigenvalue weighted by molar-refractivity contribution is -0.142. The number of nitrogens with one attached hydrogen (secondary N) is 1. The van der Waals surface area contributed by atoms with Crippen molar-refractivity contribution in [1.82, 2.24) is 10.2 Å². The predicted molar refractivity (Wildman–Crippen MR) is 67.2 cm³/mol. The van der Waals surface area contributed by atoms with Crippen molar-refractivity contribution in [1.29, 1.82) is 0 Å². The number of carboxylic acid groups (broad SMARTS) is 1. The lowest BCUT2D eigenvalue weighted by Gasteiger charge is -2.25. The van der Waals surface area contributed by atoms with Crippen molar-refractivity contribution in [3.8, 4) is 0 Å². The van der Waals surface area contributed by atoms with Crippen molar-refractivity contribution in [2.24, 2.45) is 5.92 Å². The number of rotatable bonds is 2. The van der Waals surface area contributed by atoms with E-state index in [4.69, 9.17) is 5.11 Å². The minimum Gasteiger partial charge on any atom is -0.480 e. The van der Waals surface area contributed by atoms with Gasteiger partial charge >= 0.3 is 12.0 Å². The molecule has 0 bridgehead atoms. The molecular formula is C11H16N2O5S. The molecule has 106 valence electrons. The van der Waals surface area contributed by atoms with E-state index >= 15 is 0 Å². The molecule has 2 N–H and O–H groups in total. The molecule has 2 aliphatic rings. The molecule has 1 saturated heterocycles. The molecule has 0 aromatic rings. The standard InChI is InChI=1S/C11H16N2O5S/c1-7-2-4-13(9(7)10(14)15)11(16)12-8-3-5-19(17,18)6-8/h3,5,7-9H,2,4,6H2,1H3,(H,12,16)(H,14,15). The maximum atomic E-state index is 12.0. The van der Waals surface area contributed by atoms with Gasteiger partial charge in [-0.15, -0.1) is 0 Å². The number of carbonyl (C=O) groups is 2. The predicted octanol–water partition coefficient (Wildman–Crippen LogP) is -0.198. The first kappa shape index (κ1) is 13.9. The molecule has 3 unspecified atom stereocenters. The van der Waals surface area contributed by atoms with E-state index in [1.54, 1.807) is 6.92 Å². The highest BCUT2D eigenvalue weighted by Crippen LogP contribution is 2.24. The lowest BCUT2D eigenvalue weighted by atomic mass is 10.0. The van der Waals surface area contributed by atoms with Gasteiger partial charge in [0, 0.05) is 12.0 Å². The maximum absolute atomic E-state index is 12.0. The van der Waals surface area contributed by atoms with E-state index in [1.807, 2.05) is 0 Å². The van der Waals surface area contributed by atoms with Crippen molar-refractivity contribution in [3.05, 3.63) is 11.5 Å². The highest BCUT2D eigenvalue weighted by molar-refractivity contribution is 7.94. The normalized spacial score (nSPS) is 32.5. The molecule has 0 radical (unpaired) electrons. The van der Waals surface area contributed by atoms with Crippen LogP contribution in [0.15, 0.2) is 11.5 Å². The van der Waals surface area contributed by atoms with Crippen LogP contribution in [0.25, 0.3) is 0 Å². The highest BCUT2D eigenvalue weighted by atomic mass is 32.2. The first-order valence-electron chi connectivity index (χ1n) is 6.01. The van der Waals surface area contributed by atoms with Gasteiger partial charge in [-0.05, 0) is 18.4 Å². The summed E-state index contributed by atoms with van der Waals surface area (Å²) < 4.78 is 22.4. The fourth-order valence-electron chi connectivity index (χ4n) is 2.46. The van der Waals surface area contributed by atoms with E-state index in [9.17, 15) is 18.0 Å². The Hall–Kier alpha value is -1.57. The average Bonchev–Trinajstić information content (AvgIpc) is 2.81. The molecule has 8 heteroatoms. The molecule has 2 amide bonds. The average molecular weight is 288 g/mol. The molecule has 0 aromatic heterocycles. The Balaban J connectivity index is 2.01. The fourth-order valence-corrected chi connectivity index (χ4v) is 3.69. The van der Waals surface area contributed by atoms with Gasteiger partial charge in [-0.3, -0.25) is 0 Å². The van der Waals surface area contributed by atoms with Crippen LogP contribution < -0.4 is 5.32 Å². The molecule has 0 spiro atoms. The van der Waals surface area contributed by atoms with Crippen molar-refractivity contribution in [3.63, 3.8) is 0 Å². The lowest BCUT2D eigenvalue weighted by Crippen LogP contribution is -2.50. The number of carboxylic acids is 1. The van der Waals surface area contributed by atoms with Gasteiger partial charge in [0.15, 0.2) is 9.84 Å². The van der Waals surface area contributed by atoms with Crippen LogP contribution in [0.3, 0.4) is 0 Å². The summed E-state index contributed by atoms with van der Waals surface area (Å²) in [6.07, 6.45) is 2.03. The van der Waals surface area contributed by atoms with Gasteiger partial charge in [-0.2, -0.15) is 0 Å². The zero-order chi connectivity index (χ0) is 14.2. The number of amides is 2. The molecule has 2 aliphatic heterocycles. The Morgan fingerprint density at radius 2 is 2.11 bits per heavy atom. The SMILES string of the molecule is CC1CCN(C(=O)NC2C=CS(=O)(=O)C2)C1C(=O)O. The third-order valence-electron chi connectivity index (χ3n) is 3.45. The summed E-state index contributed by atoms with van der Waals surface area (Å²) in [6, 6.07) is -1.95. The van der Waals surface area contributed by atoms with Crippen LogP contribution >= 0.6 is 0 Å². The first-order valence-corrected chi connectivity index (χ1v) is 7.72. The molecule has 0 saturated carbocycles. The van der Waals surface area contributed by atoms with E-state index in [1.165, 1.54) is 11.0 Å². The van der Waals surface area contributed by atoms with Crippen LogP contribution in [0.2, 0.25) is 0 Å². The van der Waals surface area contributed by atoms with Crippen molar-refractivity contribution in [2.45, 2.75) is 25.4 Å². The second-order valence-corrected chi connectivity index (χ2v) is 6.89. The Morgan fingerprint density at radius 1 is 1.42 bits per heavy atom. The smallest absolute Gasteiger partial charge is 0.326 e. The molecule has 2 rings (SSSR count). The van der Waals surface area contributed by atoms with Crippen LogP contribution in [-0.4, -0.2) is 54.8 Å². The third kappa shape index (κ3) is 2.89. The number of carbonyl (C=O) groups excluding carboxylic acids is 1. The topological polar surface area (TPSA) is 104 Å². The second-order valence-electron chi connectivity index (χ2n) is 4.96. The molecular weight excluding hydrogens is 272 g/mol. The number of hydrogen-bond acceptors (Lipinski definition) is 4. The van der Waals surface area contributed by atoms with Crippen LogP contribution in [0.1, 0.15) is 13.3 Å². The number of aliphatic carboxylic acids is 1. The van der Waals surface area contributed by atoms with Crippen molar-refractivity contribution in [2.75, 3.05) is 12.3 Å². The molecule has 0 aromatic carbocycles. The van der Waals surface area contributed by atoms with Crippen LogP contribution in [0.4, 0.5) is 4.79 Å². The minimum absolute atomic E-state index is 0.105. The Bertz CT molecular complexity index is 527. The Kier molecular flexibility index (Phi) is 3.53. The monoisotopic (exact) mass is 288 g/mol. The van der Waals surface area contributed by atoms with E-state index in [2.05, 4.69) is 5.32 Å². The number of likely N-dealkylation sites (tertiary alicyclic amines) is 1. The van der Waals surface area contributed by atoms with E-state index in [-0.39, 0.29) is 11.7 Å². The van der Waals surface area contributed by atoms with Crippen molar-refractivity contribution >= 4 is 21.8 Å². The number of sulfone groups is 1. The van der Waals surface area contributed by atoms with Gasteiger partial charge in [0.1, 0.15) is 6.04 Å². The first-order chi connectivity index (χ1) is 8.80. The summed E-state index contributed by atoms with van der Waals surface area (Å²) in [5.74, 6) is -1.30. The van der Waals surface area contributed by atoms with E-state index in [0.29, 0.717) is 13.0 Å². The number of hydrogen-bond donors (Lipinski definition) is 2. The van der Waals surface area contributed by atoms with Gasteiger partial charge in [0.2, 0.25) is 0 Å². The molecule has 2 heterocycles. The number of nitrogens with zero attached hydrogens (tertiary/aromatic N) is 1. The fraction of sp³-hybridized carbons (Fsp3) is 0.636. The molecule has 7 nitrogen and oxygen atoms in total. The third-order valence-corrected chi connectivity index (χ3v) is 4.85. The van der Waals surface area contributed by atoms with Crippen molar-refractivity contribution < 1.29 is 23.1 Å². The Labute approximate surface area is 111 Å². The zero-order valence-electron chi connectivity index (χ0n) is 10.4. The van der Waals surface area contributed by atoms with Gasteiger partial charge in [0.25, 0.3) is 0 Å². The summed E-state index contributed by atoms with van der Waals surface area (Å²) in [5, 5.41) is 12.7. The molecule has 19 heavy (non-hydrogen) atoms. The molecule has 0 aliphatic carbocycles. The van der Waals surface area contributed by atoms with Gasteiger partial charge < -0.3 is 15.3 Å². The maximum Gasteiger partial charge on any atom is 0.326 e. The van der Waals surface area contributed by atoms with E-state index in [0.717, 1.165) is 5.41 Å². The number of urea groups is 1. The second kappa shape index (κ2) is 4.84. The molecule has 1 fully saturated rings. The summed E-state index contributed by atoms with van der Waals surface area (Å²) in [5.41, 5.74) is 0. The van der Waals surface area contributed by atoms with Crippen LogP contribution in [0, 0.1) is 5.92 Å². The van der Waals surface area contributed by atoms with Gasteiger partial charge in [-0.1, -0.05) is 6.92 Å². The van der Waals surface area contributed by atoms with Gasteiger partial charge in [0.05, 0.1) is 11.8 Å². The van der Waals surface area contributed by atoms with Gasteiger partial charge in [-0.25, -0.2) is 18.0 Å². The van der Waals surface area contributed by atoms with E-state index < -0.39 is 33.9 Å². The summed E-state index contributed by atoms with van der Waals surface area (Å²) in [6.45, 7) is 2.15. The minimum atomic E-state index is -3.24.